The third-order valence-electron chi connectivity index (χ3n) is 8.86. The summed E-state index contributed by atoms with van der Waals surface area (Å²) in [6.45, 7) is 14.5. The van der Waals surface area contributed by atoms with E-state index >= 15 is 0 Å². The predicted octanol–water partition coefficient (Wildman–Crippen LogP) is 6.45. The molecule has 0 amide bonds. The Morgan fingerprint density at radius 3 is 1.42 bits per heavy atom. The second-order valence-electron chi connectivity index (χ2n) is 15.0. The molecule has 1 fully saturated rings. The van der Waals surface area contributed by atoms with Crippen LogP contribution in [0.2, 0.25) is 0 Å². The lowest BCUT2D eigenvalue weighted by Gasteiger charge is -2.34. The van der Waals surface area contributed by atoms with Crippen LogP contribution >= 0.6 is 0 Å². The van der Waals surface area contributed by atoms with Crippen molar-refractivity contribution in [2.45, 2.75) is 129 Å². The molecule has 2 aromatic carbocycles. The van der Waals surface area contributed by atoms with Crippen LogP contribution in [-0.4, -0.2) is 70.0 Å². The van der Waals surface area contributed by atoms with E-state index in [1.54, 1.807) is 12.4 Å². The lowest BCUT2D eigenvalue weighted by atomic mass is 9.84. The van der Waals surface area contributed by atoms with Crippen molar-refractivity contribution in [3.05, 3.63) is 57.6 Å². The summed E-state index contributed by atoms with van der Waals surface area (Å²) in [5, 5.41) is 47.7. The Kier molecular flexibility index (Phi) is 14.2. The minimum absolute atomic E-state index is 0.0599. The second-order valence-corrected chi connectivity index (χ2v) is 15.0. The van der Waals surface area contributed by atoms with Crippen molar-refractivity contribution in [3.63, 3.8) is 0 Å². The molecule has 1 aliphatic carbocycles. The number of phenolic OH excluding ortho intramolecular Hbond substituents is 2. The molecule has 0 heterocycles. The number of phenols is 2. The van der Waals surface area contributed by atoms with Gasteiger partial charge in [0.25, 0.3) is 0 Å². The van der Waals surface area contributed by atoms with Crippen molar-refractivity contribution >= 4 is 24.4 Å². The molecule has 2 atom stereocenters. The summed E-state index contributed by atoms with van der Waals surface area (Å²) >= 11 is 0. The van der Waals surface area contributed by atoms with E-state index in [0.717, 1.165) is 47.9 Å². The van der Waals surface area contributed by atoms with Crippen molar-refractivity contribution in [2.75, 3.05) is 13.1 Å². The van der Waals surface area contributed by atoms with Gasteiger partial charge in [-0.1, -0.05) is 66.5 Å². The largest absolute Gasteiger partial charge is 0.507 e. The van der Waals surface area contributed by atoms with E-state index in [9.17, 15) is 19.8 Å². The first-order valence-electron chi connectivity index (χ1n) is 17.2. The number of benzene rings is 2. The normalized spacial score (nSPS) is 17.4. The molecule has 264 valence electrons. The fourth-order valence-corrected chi connectivity index (χ4v) is 5.84. The van der Waals surface area contributed by atoms with Crippen molar-refractivity contribution in [1.82, 2.24) is 10.6 Å². The summed E-state index contributed by atoms with van der Waals surface area (Å²) in [6.07, 6.45) is 8.47. The fraction of sp³-hybridized carbons (Fsp3) is 0.579. The van der Waals surface area contributed by atoms with Gasteiger partial charge in [0.2, 0.25) is 0 Å². The third-order valence-corrected chi connectivity index (χ3v) is 8.86. The van der Waals surface area contributed by atoms with Gasteiger partial charge < -0.3 is 31.1 Å². The van der Waals surface area contributed by atoms with E-state index in [1.807, 2.05) is 12.1 Å². The Hall–Kier alpha value is -3.76. The Morgan fingerprint density at radius 1 is 0.708 bits per heavy atom. The predicted molar refractivity (Wildman–Crippen MR) is 192 cm³/mol. The van der Waals surface area contributed by atoms with Gasteiger partial charge in [0.05, 0.1) is 0 Å². The topological polar surface area (TPSA) is 164 Å². The maximum absolute atomic E-state index is 11.2. The molecule has 1 saturated carbocycles. The lowest BCUT2D eigenvalue weighted by Crippen LogP contribution is -2.49. The SMILES string of the molecule is CC(C)(C)c1cc(/C=N/CCCC(=O)O)c(O)c(CNC2CCCCC2NCc2cc(C(C)(C)C)cc(/C=N/CCCC(=O)O)c2O)c1. The monoisotopic (exact) mass is 664 g/mol. The van der Waals surface area contributed by atoms with Gasteiger partial charge in [-0.05, 0) is 59.8 Å². The highest BCUT2D eigenvalue weighted by atomic mass is 16.4. The molecule has 0 bridgehead atoms. The van der Waals surface area contributed by atoms with Crippen molar-refractivity contribution in [1.29, 1.82) is 0 Å². The van der Waals surface area contributed by atoms with Crippen LogP contribution < -0.4 is 10.6 Å². The van der Waals surface area contributed by atoms with Crippen molar-refractivity contribution in [2.24, 2.45) is 9.98 Å². The number of carbonyl (C=O) groups is 2. The average molecular weight is 665 g/mol. The van der Waals surface area contributed by atoms with E-state index < -0.39 is 11.9 Å². The van der Waals surface area contributed by atoms with Crippen LogP contribution in [0.25, 0.3) is 0 Å². The number of hydrogen-bond donors (Lipinski definition) is 6. The minimum atomic E-state index is -0.845. The Balaban J connectivity index is 1.76. The van der Waals surface area contributed by atoms with Gasteiger partial charge in [-0.15, -0.1) is 0 Å². The van der Waals surface area contributed by atoms with Crippen LogP contribution in [-0.2, 0) is 33.5 Å². The Bertz CT molecular complexity index is 1350. The number of carboxylic acids is 2. The van der Waals surface area contributed by atoms with Gasteiger partial charge >= 0.3 is 11.9 Å². The van der Waals surface area contributed by atoms with Gasteiger partial charge in [-0.3, -0.25) is 19.6 Å². The number of aliphatic carboxylic acids is 2. The molecule has 0 radical (unpaired) electrons. The van der Waals surface area contributed by atoms with Crippen LogP contribution in [0.3, 0.4) is 0 Å². The first-order chi connectivity index (χ1) is 22.6. The molecular weight excluding hydrogens is 608 g/mol. The fourth-order valence-electron chi connectivity index (χ4n) is 5.84. The molecule has 2 aromatic rings. The van der Waals surface area contributed by atoms with Gasteiger partial charge in [0, 0.05) is 85.8 Å². The van der Waals surface area contributed by atoms with Gasteiger partial charge in [0.1, 0.15) is 11.5 Å². The molecule has 0 spiro atoms. The summed E-state index contributed by atoms with van der Waals surface area (Å²) in [4.78, 5) is 30.5. The molecule has 10 nitrogen and oxygen atoms in total. The average Bonchev–Trinajstić information content (AvgIpc) is 3.00. The van der Waals surface area contributed by atoms with Crippen molar-refractivity contribution < 1.29 is 30.0 Å². The van der Waals surface area contributed by atoms with E-state index in [4.69, 9.17) is 10.2 Å². The molecule has 10 heteroatoms. The molecule has 3 rings (SSSR count). The number of carboxylic acid groups (broad SMARTS) is 2. The highest BCUT2D eigenvalue weighted by Gasteiger charge is 2.26. The molecule has 2 unspecified atom stereocenters. The summed E-state index contributed by atoms with van der Waals surface area (Å²) in [7, 11) is 0. The molecule has 1 aliphatic rings. The zero-order valence-corrected chi connectivity index (χ0v) is 29.6. The molecule has 0 aromatic heterocycles. The van der Waals surface area contributed by atoms with Gasteiger partial charge in [-0.25, -0.2) is 0 Å². The molecular formula is C38H56N4O6. The number of aliphatic imine (C=N–C) groups is 2. The second kappa shape index (κ2) is 17.6. The lowest BCUT2D eigenvalue weighted by molar-refractivity contribution is -0.138. The highest BCUT2D eigenvalue weighted by Crippen LogP contribution is 2.33. The van der Waals surface area contributed by atoms with Gasteiger partial charge in [0.15, 0.2) is 0 Å². The van der Waals surface area contributed by atoms with Crippen LogP contribution in [0.5, 0.6) is 11.5 Å². The zero-order chi connectivity index (χ0) is 35.5. The third kappa shape index (κ3) is 12.0. The van der Waals surface area contributed by atoms with Crippen molar-refractivity contribution in [3.8, 4) is 11.5 Å². The molecule has 0 saturated heterocycles. The first-order valence-corrected chi connectivity index (χ1v) is 17.2. The molecule has 48 heavy (non-hydrogen) atoms. The Labute approximate surface area is 285 Å². The number of hydrogen-bond acceptors (Lipinski definition) is 8. The van der Waals surface area contributed by atoms with Crippen LogP contribution in [0, 0.1) is 0 Å². The van der Waals surface area contributed by atoms with Crippen LogP contribution in [0.15, 0.2) is 34.3 Å². The smallest absolute Gasteiger partial charge is 0.303 e. The number of nitrogens with one attached hydrogen (secondary N) is 2. The van der Waals surface area contributed by atoms with Crippen LogP contribution in [0.1, 0.15) is 126 Å². The molecule has 6 N–H and O–H groups in total. The summed E-state index contributed by atoms with van der Waals surface area (Å²) in [5.41, 5.74) is 4.72. The summed E-state index contributed by atoms with van der Waals surface area (Å²) in [6, 6.07) is 8.34. The minimum Gasteiger partial charge on any atom is -0.507 e. The van der Waals surface area contributed by atoms with E-state index in [1.165, 1.54) is 0 Å². The van der Waals surface area contributed by atoms with E-state index in [0.29, 0.717) is 50.1 Å². The summed E-state index contributed by atoms with van der Waals surface area (Å²) in [5.74, 6) is -1.33. The molecule has 0 aliphatic heterocycles. The van der Waals surface area contributed by atoms with Gasteiger partial charge in [-0.2, -0.15) is 0 Å². The van der Waals surface area contributed by atoms with Crippen LogP contribution in [0.4, 0.5) is 0 Å². The maximum Gasteiger partial charge on any atom is 0.303 e. The Morgan fingerprint density at radius 2 is 1.08 bits per heavy atom. The quantitative estimate of drug-likeness (QED) is 0.0881. The van der Waals surface area contributed by atoms with E-state index in [2.05, 4.69) is 74.3 Å². The first kappa shape index (κ1) is 38.7. The standard InChI is InChI=1S/C38H56N4O6/c1-37(2,3)29-17-25(21-39-15-9-13-33(43)44)35(47)27(19-29)23-41-31-11-7-8-12-32(31)42-24-28-20-30(38(4,5)6)18-26(36(28)48)22-40-16-10-14-34(45)46/h17-22,31-32,41-42,47-48H,7-16,23-24H2,1-6H3,(H,43,44)(H,45,46)/b39-21+,40-22+. The number of nitrogens with zero attached hydrogens (tertiary/aromatic N) is 2. The summed E-state index contributed by atoms with van der Waals surface area (Å²) < 4.78 is 0. The number of aromatic hydroxyl groups is 2. The van der Waals surface area contributed by atoms with E-state index in [-0.39, 0.29) is 47.3 Å². The number of rotatable bonds is 16. The zero-order valence-electron chi connectivity index (χ0n) is 29.6. The highest BCUT2D eigenvalue weighted by molar-refractivity contribution is 5.85. The maximum atomic E-state index is 11.2.